The fourth-order valence-corrected chi connectivity index (χ4v) is 2.50. The fourth-order valence-electron chi connectivity index (χ4n) is 2.50. The molecule has 0 aliphatic heterocycles. The Labute approximate surface area is 135 Å². The van der Waals surface area contributed by atoms with Gasteiger partial charge in [-0.05, 0) is 60.7 Å². The Hall–Kier alpha value is -2.62. The highest BCUT2D eigenvalue weighted by atomic mass is 16.4. The third-order valence-corrected chi connectivity index (χ3v) is 4.49. The quantitative estimate of drug-likeness (QED) is 0.893. The molecule has 1 amide bonds. The first-order chi connectivity index (χ1) is 10.9. The van der Waals surface area contributed by atoms with Gasteiger partial charge in [-0.1, -0.05) is 25.1 Å². The number of carboxylic acids is 1. The lowest BCUT2D eigenvalue weighted by molar-refractivity contribution is -0.120. The van der Waals surface area contributed by atoms with Gasteiger partial charge >= 0.3 is 5.97 Å². The van der Waals surface area contributed by atoms with Crippen molar-refractivity contribution in [3.63, 3.8) is 0 Å². The number of rotatable bonds is 4. The van der Waals surface area contributed by atoms with E-state index < -0.39 is 5.97 Å². The van der Waals surface area contributed by atoms with Crippen LogP contribution in [0.1, 0.15) is 35.7 Å². The number of aromatic carboxylic acids is 1. The molecule has 1 fully saturated rings. The van der Waals surface area contributed by atoms with Gasteiger partial charge in [-0.2, -0.15) is 0 Å². The summed E-state index contributed by atoms with van der Waals surface area (Å²) in [5.41, 5.74) is 3.81. The Bertz CT molecular complexity index is 774. The van der Waals surface area contributed by atoms with E-state index in [1.54, 1.807) is 24.3 Å². The SMILES string of the molecule is Cc1ccc(NC(=O)C2(C)CC2)cc1-c1ccc(C(=O)O)cc1. The van der Waals surface area contributed by atoms with Crippen molar-refractivity contribution in [3.8, 4) is 11.1 Å². The molecule has 0 radical (unpaired) electrons. The summed E-state index contributed by atoms with van der Waals surface area (Å²) < 4.78 is 0. The van der Waals surface area contributed by atoms with Crippen molar-refractivity contribution >= 4 is 17.6 Å². The summed E-state index contributed by atoms with van der Waals surface area (Å²) in [5, 5.41) is 12.0. The molecule has 4 heteroatoms. The van der Waals surface area contributed by atoms with E-state index in [1.165, 1.54) is 0 Å². The van der Waals surface area contributed by atoms with E-state index in [-0.39, 0.29) is 16.9 Å². The lowest BCUT2D eigenvalue weighted by Crippen LogP contribution is -2.21. The number of carboxylic acid groups (broad SMARTS) is 1. The molecule has 0 aromatic heterocycles. The molecule has 2 aromatic carbocycles. The highest BCUT2D eigenvalue weighted by molar-refractivity contribution is 5.97. The lowest BCUT2D eigenvalue weighted by Gasteiger charge is -2.13. The number of anilines is 1. The molecule has 1 aliphatic carbocycles. The third kappa shape index (κ3) is 3.11. The normalized spacial score (nSPS) is 15.0. The maximum Gasteiger partial charge on any atom is 0.335 e. The average molecular weight is 309 g/mol. The zero-order chi connectivity index (χ0) is 16.6. The second kappa shape index (κ2) is 5.54. The van der Waals surface area contributed by atoms with Gasteiger partial charge in [-0.3, -0.25) is 4.79 Å². The largest absolute Gasteiger partial charge is 0.478 e. The summed E-state index contributed by atoms with van der Waals surface area (Å²) in [6, 6.07) is 12.6. The van der Waals surface area contributed by atoms with Gasteiger partial charge in [0.2, 0.25) is 5.91 Å². The van der Waals surface area contributed by atoms with Crippen molar-refractivity contribution in [3.05, 3.63) is 53.6 Å². The molecule has 0 spiro atoms. The molecule has 1 aliphatic rings. The van der Waals surface area contributed by atoms with Crippen LogP contribution < -0.4 is 5.32 Å². The van der Waals surface area contributed by atoms with Gasteiger partial charge < -0.3 is 10.4 Å². The second-order valence-electron chi connectivity index (χ2n) is 6.43. The predicted molar refractivity (Wildman–Crippen MR) is 89.5 cm³/mol. The monoisotopic (exact) mass is 309 g/mol. The van der Waals surface area contributed by atoms with Crippen LogP contribution in [0.2, 0.25) is 0 Å². The van der Waals surface area contributed by atoms with E-state index in [9.17, 15) is 9.59 Å². The molecule has 4 nitrogen and oxygen atoms in total. The van der Waals surface area contributed by atoms with Gasteiger partial charge in [0.25, 0.3) is 0 Å². The minimum atomic E-state index is -0.938. The molecule has 1 saturated carbocycles. The Kier molecular flexibility index (Phi) is 3.68. The standard InChI is InChI=1S/C19H19NO3/c1-12-3-8-15(20-18(23)19(2)9-10-19)11-16(12)13-4-6-14(7-5-13)17(21)22/h3-8,11H,9-10H2,1-2H3,(H,20,23)(H,21,22). The number of carbonyl (C=O) groups is 2. The van der Waals surface area contributed by atoms with Crippen LogP contribution in [-0.2, 0) is 4.79 Å². The molecule has 0 atom stereocenters. The summed E-state index contributed by atoms with van der Waals surface area (Å²) in [6.07, 6.45) is 1.88. The molecule has 2 aromatic rings. The van der Waals surface area contributed by atoms with Gasteiger partial charge in [0.1, 0.15) is 0 Å². The van der Waals surface area contributed by atoms with Gasteiger partial charge in [0, 0.05) is 11.1 Å². The first kappa shape index (κ1) is 15.3. The van der Waals surface area contributed by atoms with Crippen LogP contribution in [0.15, 0.2) is 42.5 Å². The number of hydrogen-bond acceptors (Lipinski definition) is 2. The summed E-state index contributed by atoms with van der Waals surface area (Å²) in [5.74, 6) is -0.875. The van der Waals surface area contributed by atoms with Crippen LogP contribution in [-0.4, -0.2) is 17.0 Å². The van der Waals surface area contributed by atoms with Gasteiger partial charge in [0.15, 0.2) is 0 Å². The summed E-state index contributed by atoms with van der Waals surface area (Å²) in [7, 11) is 0. The van der Waals surface area contributed by atoms with Crippen LogP contribution in [0.3, 0.4) is 0 Å². The minimum absolute atomic E-state index is 0.0635. The van der Waals surface area contributed by atoms with Crippen LogP contribution in [0, 0.1) is 12.3 Å². The average Bonchev–Trinajstić information content (AvgIpc) is 3.28. The predicted octanol–water partition coefficient (Wildman–Crippen LogP) is 4.10. The maximum absolute atomic E-state index is 12.2. The first-order valence-corrected chi connectivity index (χ1v) is 7.65. The zero-order valence-electron chi connectivity index (χ0n) is 13.2. The first-order valence-electron chi connectivity index (χ1n) is 7.65. The topological polar surface area (TPSA) is 66.4 Å². The molecule has 2 N–H and O–H groups in total. The molecule has 0 saturated heterocycles. The minimum Gasteiger partial charge on any atom is -0.478 e. The van der Waals surface area contributed by atoms with E-state index in [2.05, 4.69) is 5.32 Å². The third-order valence-electron chi connectivity index (χ3n) is 4.49. The van der Waals surface area contributed by atoms with E-state index in [1.807, 2.05) is 32.0 Å². The Morgan fingerprint density at radius 2 is 1.74 bits per heavy atom. The molecule has 118 valence electrons. The van der Waals surface area contributed by atoms with Crippen LogP contribution >= 0.6 is 0 Å². The second-order valence-corrected chi connectivity index (χ2v) is 6.43. The highest BCUT2D eigenvalue weighted by Gasteiger charge is 2.44. The van der Waals surface area contributed by atoms with Gasteiger partial charge in [-0.15, -0.1) is 0 Å². The van der Waals surface area contributed by atoms with Crippen LogP contribution in [0.25, 0.3) is 11.1 Å². The van der Waals surface area contributed by atoms with Crippen molar-refractivity contribution in [1.82, 2.24) is 0 Å². The Morgan fingerprint density at radius 1 is 1.09 bits per heavy atom. The van der Waals surface area contributed by atoms with E-state index in [0.717, 1.165) is 35.2 Å². The molecule has 0 unspecified atom stereocenters. The van der Waals surface area contributed by atoms with Crippen molar-refractivity contribution in [2.45, 2.75) is 26.7 Å². The number of amides is 1. The molecular formula is C19H19NO3. The summed E-state index contributed by atoms with van der Waals surface area (Å²) in [4.78, 5) is 23.1. The molecule has 23 heavy (non-hydrogen) atoms. The number of aryl methyl sites for hydroxylation is 1. The Morgan fingerprint density at radius 3 is 2.30 bits per heavy atom. The van der Waals surface area contributed by atoms with Crippen molar-refractivity contribution < 1.29 is 14.7 Å². The van der Waals surface area contributed by atoms with Crippen molar-refractivity contribution in [2.24, 2.45) is 5.41 Å². The number of hydrogen-bond donors (Lipinski definition) is 2. The molecule has 3 rings (SSSR count). The molecular weight excluding hydrogens is 290 g/mol. The number of benzene rings is 2. The smallest absolute Gasteiger partial charge is 0.335 e. The van der Waals surface area contributed by atoms with E-state index >= 15 is 0 Å². The molecule has 0 bridgehead atoms. The number of nitrogens with one attached hydrogen (secondary N) is 1. The van der Waals surface area contributed by atoms with Crippen LogP contribution in [0.5, 0.6) is 0 Å². The van der Waals surface area contributed by atoms with E-state index in [0.29, 0.717) is 0 Å². The van der Waals surface area contributed by atoms with Gasteiger partial charge in [0.05, 0.1) is 5.56 Å². The number of carbonyl (C=O) groups excluding carboxylic acids is 1. The summed E-state index contributed by atoms with van der Waals surface area (Å²) >= 11 is 0. The maximum atomic E-state index is 12.2. The van der Waals surface area contributed by atoms with Crippen LogP contribution in [0.4, 0.5) is 5.69 Å². The molecule has 0 heterocycles. The zero-order valence-corrected chi connectivity index (χ0v) is 13.2. The lowest BCUT2D eigenvalue weighted by atomic mass is 9.98. The summed E-state index contributed by atoms with van der Waals surface area (Å²) in [6.45, 7) is 3.97. The highest BCUT2D eigenvalue weighted by Crippen LogP contribution is 2.45. The fraction of sp³-hybridized carbons (Fsp3) is 0.263. The van der Waals surface area contributed by atoms with E-state index in [4.69, 9.17) is 5.11 Å². The van der Waals surface area contributed by atoms with Gasteiger partial charge in [-0.25, -0.2) is 4.79 Å². The van der Waals surface area contributed by atoms with Crippen molar-refractivity contribution in [2.75, 3.05) is 5.32 Å². The van der Waals surface area contributed by atoms with Crippen molar-refractivity contribution in [1.29, 1.82) is 0 Å². The Balaban J connectivity index is 1.88.